The summed E-state index contributed by atoms with van der Waals surface area (Å²) in [5, 5.41) is 3.21. The van der Waals surface area contributed by atoms with Crippen molar-refractivity contribution in [3.63, 3.8) is 0 Å². The summed E-state index contributed by atoms with van der Waals surface area (Å²) in [5.74, 6) is 2.36. The molecule has 0 aliphatic heterocycles. The topological polar surface area (TPSA) is 12.0 Å². The van der Waals surface area contributed by atoms with Crippen LogP contribution in [0.3, 0.4) is 0 Å². The average molecular weight is 270 g/mol. The van der Waals surface area contributed by atoms with E-state index < -0.39 is 0 Å². The molecule has 0 saturated carbocycles. The highest BCUT2D eigenvalue weighted by Gasteiger charge is 1.98. The Kier molecular flexibility index (Phi) is 5.38. The molecule has 0 fully saturated rings. The van der Waals surface area contributed by atoms with E-state index in [2.05, 4.69) is 27.2 Å². The summed E-state index contributed by atoms with van der Waals surface area (Å²) in [4.78, 5) is 0. The molecule has 1 N–H and O–H groups in total. The molecule has 1 aromatic rings. The molecule has 0 saturated heterocycles. The van der Waals surface area contributed by atoms with E-state index in [1.54, 1.807) is 0 Å². The number of halogens is 2. The van der Waals surface area contributed by atoms with Crippen LogP contribution in [0.15, 0.2) is 22.7 Å². The van der Waals surface area contributed by atoms with Gasteiger partial charge in [-0.3, -0.25) is 0 Å². The lowest BCUT2D eigenvalue weighted by Crippen LogP contribution is -2.14. The van der Waals surface area contributed by atoms with Crippen LogP contribution in [0.4, 0.5) is 4.39 Å². The third kappa shape index (κ3) is 4.96. The number of hydrogen-bond acceptors (Lipinski definition) is 1. The van der Waals surface area contributed by atoms with Gasteiger partial charge in [0.1, 0.15) is 5.82 Å². The SMILES string of the molecule is C#CCCCNCc1cc(F)cc(Br)c1. The van der Waals surface area contributed by atoms with E-state index >= 15 is 0 Å². The molecule has 0 unspecified atom stereocenters. The van der Waals surface area contributed by atoms with Crippen molar-refractivity contribution in [3.05, 3.63) is 34.1 Å². The summed E-state index contributed by atoms with van der Waals surface area (Å²) in [6.45, 7) is 1.53. The van der Waals surface area contributed by atoms with Crippen molar-refractivity contribution in [1.29, 1.82) is 0 Å². The van der Waals surface area contributed by atoms with Gasteiger partial charge in [-0.2, -0.15) is 0 Å². The summed E-state index contributed by atoms with van der Waals surface area (Å²) in [6.07, 6.45) is 6.86. The molecule has 0 spiro atoms. The summed E-state index contributed by atoms with van der Waals surface area (Å²) < 4.78 is 13.7. The molecule has 0 bridgehead atoms. The van der Waals surface area contributed by atoms with Gasteiger partial charge in [0.2, 0.25) is 0 Å². The Labute approximate surface area is 98.2 Å². The Bertz CT molecular complexity index is 337. The van der Waals surface area contributed by atoms with Gasteiger partial charge in [-0.1, -0.05) is 15.9 Å². The van der Waals surface area contributed by atoms with Crippen molar-refractivity contribution < 1.29 is 4.39 Å². The molecule has 1 nitrogen and oxygen atoms in total. The van der Waals surface area contributed by atoms with Gasteiger partial charge in [0.15, 0.2) is 0 Å². The molecule has 3 heteroatoms. The van der Waals surface area contributed by atoms with Gasteiger partial charge in [0.25, 0.3) is 0 Å². The highest BCUT2D eigenvalue weighted by atomic mass is 79.9. The highest BCUT2D eigenvalue weighted by Crippen LogP contribution is 2.14. The predicted octanol–water partition coefficient (Wildman–Crippen LogP) is 3.09. The Morgan fingerprint density at radius 2 is 2.20 bits per heavy atom. The Morgan fingerprint density at radius 1 is 1.40 bits per heavy atom. The van der Waals surface area contributed by atoms with Crippen LogP contribution in [-0.4, -0.2) is 6.54 Å². The van der Waals surface area contributed by atoms with E-state index in [9.17, 15) is 4.39 Å². The first-order valence-electron chi connectivity index (χ1n) is 4.81. The zero-order valence-corrected chi connectivity index (χ0v) is 9.98. The maximum Gasteiger partial charge on any atom is 0.124 e. The molecule has 0 aliphatic carbocycles. The van der Waals surface area contributed by atoms with E-state index in [0.29, 0.717) is 6.54 Å². The minimum atomic E-state index is -0.218. The largest absolute Gasteiger partial charge is 0.313 e. The maximum atomic E-state index is 13.0. The van der Waals surface area contributed by atoms with Crippen LogP contribution in [0, 0.1) is 18.2 Å². The van der Waals surface area contributed by atoms with E-state index in [-0.39, 0.29) is 5.82 Å². The minimum Gasteiger partial charge on any atom is -0.313 e. The first kappa shape index (κ1) is 12.2. The quantitative estimate of drug-likeness (QED) is 0.640. The zero-order chi connectivity index (χ0) is 11.1. The average Bonchev–Trinajstić information content (AvgIpc) is 2.16. The molecule has 0 atom stereocenters. The van der Waals surface area contributed by atoms with Crippen molar-refractivity contribution in [2.75, 3.05) is 6.54 Å². The van der Waals surface area contributed by atoms with Crippen LogP contribution in [-0.2, 0) is 6.54 Å². The molecule has 1 aromatic carbocycles. The van der Waals surface area contributed by atoms with Crippen molar-refractivity contribution in [2.24, 2.45) is 0 Å². The standard InChI is InChI=1S/C12H13BrFN/c1-2-3-4-5-15-9-10-6-11(13)8-12(14)7-10/h1,6-8,15H,3-5,9H2. The molecule has 0 aromatic heterocycles. The summed E-state index contributed by atoms with van der Waals surface area (Å²) >= 11 is 3.25. The second-order valence-electron chi connectivity index (χ2n) is 3.26. The van der Waals surface area contributed by atoms with Gasteiger partial charge in [0.05, 0.1) is 0 Å². The molecular weight excluding hydrogens is 257 g/mol. The Balaban J connectivity index is 2.34. The second-order valence-corrected chi connectivity index (χ2v) is 4.18. The molecule has 0 radical (unpaired) electrons. The van der Waals surface area contributed by atoms with Crippen LogP contribution in [0.1, 0.15) is 18.4 Å². The van der Waals surface area contributed by atoms with Gasteiger partial charge >= 0.3 is 0 Å². The fourth-order valence-corrected chi connectivity index (χ4v) is 1.77. The first-order valence-corrected chi connectivity index (χ1v) is 5.61. The van der Waals surface area contributed by atoms with Gasteiger partial charge < -0.3 is 5.32 Å². The molecule has 15 heavy (non-hydrogen) atoms. The third-order valence-corrected chi connectivity index (χ3v) is 2.38. The predicted molar refractivity (Wildman–Crippen MR) is 63.9 cm³/mol. The van der Waals surface area contributed by atoms with Gasteiger partial charge in [-0.15, -0.1) is 12.3 Å². The van der Waals surface area contributed by atoms with Crippen LogP contribution in [0.2, 0.25) is 0 Å². The van der Waals surface area contributed by atoms with Gasteiger partial charge in [-0.05, 0) is 36.7 Å². The first-order chi connectivity index (χ1) is 7.22. The summed E-state index contributed by atoms with van der Waals surface area (Å²) in [5.41, 5.74) is 0.933. The number of hydrogen-bond donors (Lipinski definition) is 1. The lowest BCUT2D eigenvalue weighted by Gasteiger charge is -2.04. The van der Waals surface area contributed by atoms with Crippen LogP contribution < -0.4 is 5.32 Å². The van der Waals surface area contributed by atoms with E-state index in [0.717, 1.165) is 29.4 Å². The molecule has 1 rings (SSSR count). The van der Waals surface area contributed by atoms with Gasteiger partial charge in [-0.25, -0.2) is 4.39 Å². The second kappa shape index (κ2) is 6.60. The van der Waals surface area contributed by atoms with Crippen molar-refractivity contribution in [2.45, 2.75) is 19.4 Å². The lowest BCUT2D eigenvalue weighted by molar-refractivity contribution is 0.616. The summed E-state index contributed by atoms with van der Waals surface area (Å²) in [7, 11) is 0. The number of rotatable bonds is 5. The van der Waals surface area contributed by atoms with Crippen LogP contribution in [0.25, 0.3) is 0 Å². The molecular formula is C12H13BrFN. The van der Waals surface area contributed by atoms with E-state index in [1.165, 1.54) is 12.1 Å². The molecule has 80 valence electrons. The maximum absolute atomic E-state index is 13.0. The van der Waals surface area contributed by atoms with Crippen LogP contribution in [0.5, 0.6) is 0 Å². The number of nitrogens with one attached hydrogen (secondary N) is 1. The highest BCUT2D eigenvalue weighted by molar-refractivity contribution is 9.10. The van der Waals surface area contributed by atoms with Crippen molar-refractivity contribution in [1.82, 2.24) is 5.32 Å². The Morgan fingerprint density at radius 3 is 2.87 bits per heavy atom. The molecule has 0 aliphatic rings. The lowest BCUT2D eigenvalue weighted by atomic mass is 10.2. The van der Waals surface area contributed by atoms with E-state index in [1.807, 2.05) is 6.07 Å². The normalized spacial score (nSPS) is 9.93. The number of unbranched alkanes of at least 4 members (excludes halogenated alkanes) is 1. The number of benzene rings is 1. The minimum absolute atomic E-state index is 0.218. The number of terminal acetylenes is 1. The molecule has 0 amide bonds. The monoisotopic (exact) mass is 269 g/mol. The zero-order valence-electron chi connectivity index (χ0n) is 8.39. The van der Waals surface area contributed by atoms with Crippen LogP contribution >= 0.6 is 15.9 Å². The molecule has 0 heterocycles. The van der Waals surface area contributed by atoms with Crippen molar-refractivity contribution in [3.8, 4) is 12.3 Å². The smallest absolute Gasteiger partial charge is 0.124 e. The summed E-state index contributed by atoms with van der Waals surface area (Å²) in [6, 6.07) is 4.87. The van der Waals surface area contributed by atoms with Gasteiger partial charge in [0, 0.05) is 17.4 Å². The van der Waals surface area contributed by atoms with E-state index in [4.69, 9.17) is 6.42 Å². The fourth-order valence-electron chi connectivity index (χ4n) is 1.26. The fraction of sp³-hybridized carbons (Fsp3) is 0.333. The Hall–Kier alpha value is -0.850. The third-order valence-electron chi connectivity index (χ3n) is 1.93. The van der Waals surface area contributed by atoms with Crippen molar-refractivity contribution >= 4 is 15.9 Å².